The second kappa shape index (κ2) is 8.45. The van der Waals surface area contributed by atoms with Gasteiger partial charge in [0.1, 0.15) is 0 Å². The molecule has 0 atom stereocenters. The normalized spacial score (nSPS) is 10.1. The van der Waals surface area contributed by atoms with Gasteiger partial charge in [-0.2, -0.15) is 0 Å². The highest BCUT2D eigenvalue weighted by atomic mass is 16.5. The molecule has 5 heteroatoms. The standard InChI is InChI=1S/C7H16N2O3/c8-2-4-12-6-5-11-3-1-7(9)10/h1-6,8H2,(H2,9,10). The van der Waals surface area contributed by atoms with E-state index >= 15 is 0 Å². The molecule has 0 aromatic heterocycles. The van der Waals surface area contributed by atoms with Gasteiger partial charge in [-0.05, 0) is 0 Å². The number of amides is 1. The van der Waals surface area contributed by atoms with E-state index in [4.69, 9.17) is 20.9 Å². The summed E-state index contributed by atoms with van der Waals surface area (Å²) in [6.45, 7) is 2.41. The number of ether oxygens (including phenoxy) is 2. The van der Waals surface area contributed by atoms with Crippen LogP contribution in [0.2, 0.25) is 0 Å². The smallest absolute Gasteiger partial charge is 0.219 e. The molecular formula is C7H16N2O3. The fraction of sp³-hybridized carbons (Fsp3) is 0.857. The Morgan fingerprint density at radius 3 is 2.17 bits per heavy atom. The number of rotatable bonds is 8. The van der Waals surface area contributed by atoms with Gasteiger partial charge in [0, 0.05) is 13.0 Å². The zero-order valence-electron chi connectivity index (χ0n) is 7.12. The third-order valence-electron chi connectivity index (χ3n) is 1.13. The van der Waals surface area contributed by atoms with E-state index in [0.29, 0.717) is 33.0 Å². The van der Waals surface area contributed by atoms with Gasteiger partial charge in [-0.25, -0.2) is 0 Å². The lowest BCUT2D eigenvalue weighted by Crippen LogP contribution is -2.16. The Labute approximate surface area is 72.0 Å². The molecule has 0 bridgehead atoms. The van der Waals surface area contributed by atoms with E-state index in [1.807, 2.05) is 0 Å². The van der Waals surface area contributed by atoms with Gasteiger partial charge in [0.15, 0.2) is 0 Å². The summed E-state index contributed by atoms with van der Waals surface area (Å²) in [5.74, 6) is -0.349. The lowest BCUT2D eigenvalue weighted by atomic mass is 10.4. The van der Waals surface area contributed by atoms with Crippen LogP contribution in [0.25, 0.3) is 0 Å². The Balaban J connectivity index is 2.86. The number of hydrogen-bond donors (Lipinski definition) is 2. The van der Waals surface area contributed by atoms with Gasteiger partial charge in [-0.1, -0.05) is 0 Å². The first-order chi connectivity index (χ1) is 5.77. The molecule has 0 fully saturated rings. The Hall–Kier alpha value is -0.650. The van der Waals surface area contributed by atoms with E-state index < -0.39 is 0 Å². The van der Waals surface area contributed by atoms with Crippen LogP contribution in [0.1, 0.15) is 6.42 Å². The molecule has 1 amide bonds. The monoisotopic (exact) mass is 176 g/mol. The van der Waals surface area contributed by atoms with Gasteiger partial charge in [0.2, 0.25) is 5.91 Å². The predicted octanol–water partition coefficient (Wildman–Crippen LogP) is -1.15. The number of hydrogen-bond acceptors (Lipinski definition) is 4. The van der Waals surface area contributed by atoms with Gasteiger partial charge < -0.3 is 20.9 Å². The van der Waals surface area contributed by atoms with E-state index in [9.17, 15) is 4.79 Å². The SMILES string of the molecule is NCCOCCOCCC(N)=O. The minimum atomic E-state index is -0.349. The van der Waals surface area contributed by atoms with Crippen molar-refractivity contribution >= 4 is 5.91 Å². The molecule has 0 aliphatic rings. The van der Waals surface area contributed by atoms with E-state index in [-0.39, 0.29) is 12.3 Å². The number of nitrogens with two attached hydrogens (primary N) is 2. The Kier molecular flexibility index (Phi) is 7.99. The molecular weight excluding hydrogens is 160 g/mol. The maximum Gasteiger partial charge on any atom is 0.219 e. The zero-order valence-corrected chi connectivity index (χ0v) is 7.12. The Bertz CT molecular complexity index is 119. The summed E-state index contributed by atoms with van der Waals surface area (Å²) in [6, 6.07) is 0. The van der Waals surface area contributed by atoms with Crippen LogP contribution in [0, 0.1) is 0 Å². The van der Waals surface area contributed by atoms with Crippen molar-refractivity contribution in [2.75, 3.05) is 33.0 Å². The molecule has 0 rings (SSSR count). The van der Waals surface area contributed by atoms with E-state index in [0.717, 1.165) is 0 Å². The summed E-state index contributed by atoms with van der Waals surface area (Å²) >= 11 is 0. The van der Waals surface area contributed by atoms with Crippen LogP contribution in [-0.4, -0.2) is 38.9 Å². The largest absolute Gasteiger partial charge is 0.379 e. The summed E-state index contributed by atoms with van der Waals surface area (Å²) in [6.07, 6.45) is 0.261. The summed E-state index contributed by atoms with van der Waals surface area (Å²) in [5, 5.41) is 0. The first kappa shape index (κ1) is 11.4. The van der Waals surface area contributed by atoms with Gasteiger partial charge in [0.05, 0.1) is 26.4 Å². The van der Waals surface area contributed by atoms with Crippen molar-refractivity contribution in [3.05, 3.63) is 0 Å². The van der Waals surface area contributed by atoms with Crippen LogP contribution in [-0.2, 0) is 14.3 Å². The fourth-order valence-electron chi connectivity index (χ4n) is 0.578. The molecule has 72 valence electrons. The van der Waals surface area contributed by atoms with E-state index in [2.05, 4.69) is 0 Å². The third-order valence-corrected chi connectivity index (χ3v) is 1.13. The summed E-state index contributed by atoms with van der Waals surface area (Å²) in [4.78, 5) is 10.2. The highest BCUT2D eigenvalue weighted by Crippen LogP contribution is 1.81. The van der Waals surface area contributed by atoms with E-state index in [1.54, 1.807) is 0 Å². The van der Waals surface area contributed by atoms with Crippen molar-refractivity contribution < 1.29 is 14.3 Å². The molecule has 0 aliphatic carbocycles. The second-order valence-corrected chi connectivity index (χ2v) is 2.23. The van der Waals surface area contributed by atoms with Crippen LogP contribution in [0.4, 0.5) is 0 Å². The first-order valence-electron chi connectivity index (χ1n) is 3.91. The van der Waals surface area contributed by atoms with Crippen LogP contribution >= 0.6 is 0 Å². The topological polar surface area (TPSA) is 87.6 Å². The summed E-state index contributed by atoms with van der Waals surface area (Å²) in [5.41, 5.74) is 10.1. The van der Waals surface area contributed by atoms with Gasteiger partial charge in [-0.15, -0.1) is 0 Å². The quantitative estimate of drug-likeness (QED) is 0.457. The van der Waals surface area contributed by atoms with Crippen molar-refractivity contribution in [3.63, 3.8) is 0 Å². The molecule has 12 heavy (non-hydrogen) atoms. The molecule has 0 aromatic carbocycles. The molecule has 0 unspecified atom stereocenters. The Morgan fingerprint density at radius 1 is 1.08 bits per heavy atom. The van der Waals surface area contributed by atoms with Gasteiger partial charge >= 0.3 is 0 Å². The summed E-state index contributed by atoms with van der Waals surface area (Å²) in [7, 11) is 0. The molecule has 0 radical (unpaired) electrons. The highest BCUT2D eigenvalue weighted by Gasteiger charge is 1.93. The fourth-order valence-corrected chi connectivity index (χ4v) is 0.578. The van der Waals surface area contributed by atoms with Crippen LogP contribution in [0.15, 0.2) is 0 Å². The Morgan fingerprint density at radius 2 is 1.67 bits per heavy atom. The molecule has 4 N–H and O–H groups in total. The molecule has 0 aromatic rings. The maximum absolute atomic E-state index is 10.2. The number of carbonyl (C=O) groups is 1. The minimum absolute atomic E-state index is 0.261. The molecule has 0 saturated heterocycles. The van der Waals surface area contributed by atoms with Crippen LogP contribution in [0.5, 0.6) is 0 Å². The molecule has 5 nitrogen and oxygen atoms in total. The number of primary amides is 1. The van der Waals surface area contributed by atoms with Crippen LogP contribution < -0.4 is 11.5 Å². The first-order valence-corrected chi connectivity index (χ1v) is 3.91. The van der Waals surface area contributed by atoms with Crippen molar-refractivity contribution in [2.45, 2.75) is 6.42 Å². The molecule has 0 spiro atoms. The highest BCUT2D eigenvalue weighted by molar-refractivity contribution is 5.73. The molecule has 0 heterocycles. The van der Waals surface area contributed by atoms with Crippen molar-refractivity contribution in [3.8, 4) is 0 Å². The van der Waals surface area contributed by atoms with Crippen molar-refractivity contribution in [1.29, 1.82) is 0 Å². The molecule has 0 saturated carbocycles. The van der Waals surface area contributed by atoms with Crippen molar-refractivity contribution in [2.24, 2.45) is 11.5 Å². The van der Waals surface area contributed by atoms with Gasteiger partial charge in [0.25, 0.3) is 0 Å². The third kappa shape index (κ3) is 9.35. The number of carbonyl (C=O) groups excluding carboxylic acids is 1. The second-order valence-electron chi connectivity index (χ2n) is 2.23. The van der Waals surface area contributed by atoms with E-state index in [1.165, 1.54) is 0 Å². The average Bonchev–Trinajstić information content (AvgIpc) is 2.02. The van der Waals surface area contributed by atoms with Gasteiger partial charge in [-0.3, -0.25) is 4.79 Å². The summed E-state index contributed by atoms with van der Waals surface area (Å²) < 4.78 is 10.0. The predicted molar refractivity (Wildman–Crippen MR) is 44.5 cm³/mol. The maximum atomic E-state index is 10.2. The lowest BCUT2D eigenvalue weighted by molar-refractivity contribution is -0.119. The zero-order chi connectivity index (χ0) is 9.23. The molecule has 0 aliphatic heterocycles. The van der Waals surface area contributed by atoms with Crippen molar-refractivity contribution in [1.82, 2.24) is 0 Å². The minimum Gasteiger partial charge on any atom is -0.379 e. The average molecular weight is 176 g/mol. The van der Waals surface area contributed by atoms with Crippen LogP contribution in [0.3, 0.4) is 0 Å². The lowest BCUT2D eigenvalue weighted by Gasteiger charge is -2.02.